The molecule has 498 valence electrons. The predicted octanol–water partition coefficient (Wildman–Crippen LogP) is 21.8. The lowest BCUT2D eigenvalue weighted by Gasteiger charge is -2.35. The predicted molar refractivity (Wildman–Crippen MR) is 430 cm³/mol. The van der Waals surface area contributed by atoms with Crippen LogP contribution >= 0.6 is 0 Å². The second kappa shape index (κ2) is 24.1. The van der Waals surface area contributed by atoms with Crippen molar-refractivity contribution in [1.29, 1.82) is 0 Å². The van der Waals surface area contributed by atoms with Gasteiger partial charge in [0.25, 0.3) is 6.33 Å². The topological polar surface area (TPSA) is 49.0 Å². The molecule has 0 spiro atoms. The fraction of sp³-hybridized carbons (Fsp3) is 0.125. The van der Waals surface area contributed by atoms with Crippen LogP contribution in [0, 0.1) is 6.33 Å². The van der Waals surface area contributed by atoms with Crippen LogP contribution in [0.2, 0.25) is 0 Å². The molecule has 0 saturated heterocycles. The number of furan rings is 1. The fourth-order valence-corrected chi connectivity index (χ4v) is 19.0. The molecule has 103 heavy (non-hydrogen) atoms. The number of ether oxygens (including phenoxy) is 1. The highest BCUT2D eigenvalue weighted by molar-refractivity contribution is 7.20. The third-order valence-corrected chi connectivity index (χ3v) is 24.5. The largest absolute Gasteiger partial charge is 0.458 e. The Morgan fingerprint density at radius 1 is 0.398 bits per heavy atom. The third-order valence-electron chi connectivity index (χ3n) is 20.4. The molecule has 17 aromatic rings. The monoisotopic (exact) mass is 1360 g/mol. The molecule has 0 atom stereocenters. The summed E-state index contributed by atoms with van der Waals surface area (Å²) < 4.78 is 164. The maximum absolute atomic E-state index is 10.1. The van der Waals surface area contributed by atoms with E-state index in [1.165, 1.54) is 0 Å². The maximum Gasteiger partial charge on any atom is 0.269 e. The van der Waals surface area contributed by atoms with Gasteiger partial charge in [-0.3, -0.25) is 13.7 Å². The standard InChI is InChI=1S/C96H78N4O2Si/c1-94(2,3)65-49-50-97-91(57-65)100-86-41-23-21-37-79(86)80-46-44-70(59-87(80)100)101-69-28-25-27-68(58-69)98-61-99-92-75(64-51-66(95(4,5)6)56-67(52-64)96(7,8)9)39-26-40-82(92)83-60-74(103(71-29-13-10-14-30-71,72-31-15-11-16-32-72)73-33-17-12-18-34-73)45-47-78(83)76-35-19-20-36-77(76)85-54-63(55-88(98)93(85)99)62-43-48-90-84(53-62)81-38-22-24-42-89(81)102-90/h10-60H,1-9H3/i10D,11D,12D,13D,14D,15D,16D,17D,18D,29D,30D,31D,32D,33D,34D. The average molecular weight is 1360 g/mol. The molecule has 0 unspecified atom stereocenters. The van der Waals surface area contributed by atoms with Crippen molar-refractivity contribution in [2.45, 2.75) is 78.6 Å². The molecule has 18 rings (SSSR count). The number of para-hydroxylation sites is 3. The van der Waals surface area contributed by atoms with Crippen LogP contribution in [0.3, 0.4) is 0 Å². The maximum atomic E-state index is 10.1. The molecule has 1 aliphatic heterocycles. The average Bonchev–Trinajstić information content (AvgIpc) is 0.861. The quantitative estimate of drug-likeness (QED) is 0.0593. The van der Waals surface area contributed by atoms with E-state index in [9.17, 15) is 16.4 Å². The van der Waals surface area contributed by atoms with E-state index in [-0.39, 0.29) is 21.4 Å². The molecule has 7 heteroatoms. The van der Waals surface area contributed by atoms with E-state index in [4.69, 9.17) is 18.3 Å². The first-order valence-corrected chi connectivity index (χ1v) is 36.7. The molecule has 1 aliphatic rings. The first-order chi connectivity index (χ1) is 56.1. The highest BCUT2D eigenvalue weighted by Gasteiger charge is 2.42. The van der Waals surface area contributed by atoms with E-state index in [1.54, 1.807) is 18.2 Å². The van der Waals surface area contributed by atoms with Gasteiger partial charge >= 0.3 is 0 Å². The van der Waals surface area contributed by atoms with Crippen LogP contribution in [0.15, 0.2) is 314 Å². The summed E-state index contributed by atoms with van der Waals surface area (Å²) in [6.07, 6.45) is 5.88. The summed E-state index contributed by atoms with van der Waals surface area (Å²) in [7, 11) is -5.72. The number of aromatic nitrogens is 4. The molecule has 0 aliphatic carbocycles. The Morgan fingerprint density at radius 2 is 0.990 bits per heavy atom. The van der Waals surface area contributed by atoms with Gasteiger partial charge in [-0.25, -0.2) is 4.98 Å². The van der Waals surface area contributed by atoms with Crippen molar-refractivity contribution in [3.05, 3.63) is 332 Å². The van der Waals surface area contributed by atoms with Crippen molar-refractivity contribution in [1.82, 2.24) is 14.1 Å². The zero-order valence-corrected chi connectivity index (χ0v) is 59.4. The number of hydrogen-bond acceptors (Lipinski definition) is 3. The van der Waals surface area contributed by atoms with Crippen molar-refractivity contribution in [3.63, 3.8) is 0 Å². The summed E-state index contributed by atoms with van der Waals surface area (Å²) in [5, 5.41) is 2.10. The van der Waals surface area contributed by atoms with Gasteiger partial charge in [0.05, 0.1) is 54.0 Å². The molecule has 0 N–H and O–H groups in total. The molecule has 5 heterocycles. The second-order valence-electron chi connectivity index (χ2n) is 29.8. The minimum absolute atomic E-state index is 0.0397. The Labute approximate surface area is 624 Å². The summed E-state index contributed by atoms with van der Waals surface area (Å²) in [6.45, 7) is 19.6. The number of rotatable bonds is 10. The molecular formula is C96H78N4O2Si. The summed E-state index contributed by atoms with van der Waals surface area (Å²) in [4.78, 5) is 4.96. The van der Waals surface area contributed by atoms with Gasteiger partial charge in [0, 0.05) is 33.8 Å². The van der Waals surface area contributed by atoms with E-state index in [0.717, 1.165) is 94.1 Å². The lowest BCUT2D eigenvalue weighted by molar-refractivity contribution is -0.570. The molecule has 0 saturated carbocycles. The van der Waals surface area contributed by atoms with Gasteiger partial charge in [0.2, 0.25) is 0 Å². The summed E-state index contributed by atoms with van der Waals surface area (Å²) in [5.74, 6) is 1.86. The Balaban J connectivity index is 0.981. The van der Waals surface area contributed by atoms with Crippen molar-refractivity contribution in [2.24, 2.45) is 0 Å². The van der Waals surface area contributed by atoms with E-state index < -0.39 is 114 Å². The molecule has 6 nitrogen and oxygen atoms in total. The Kier molecular flexibility index (Phi) is 11.4. The van der Waals surface area contributed by atoms with Crippen LogP contribution in [0.4, 0.5) is 0 Å². The van der Waals surface area contributed by atoms with Crippen LogP contribution in [-0.4, -0.2) is 22.2 Å². The lowest BCUT2D eigenvalue weighted by Crippen LogP contribution is -2.74. The first-order valence-electron chi connectivity index (χ1n) is 42.2. The van der Waals surface area contributed by atoms with Gasteiger partial charge in [0.1, 0.15) is 28.5 Å². The fourth-order valence-electron chi connectivity index (χ4n) is 15.1. The molecule has 0 amide bonds. The van der Waals surface area contributed by atoms with E-state index in [2.05, 4.69) is 169 Å². The number of hydrogen-bond donors (Lipinski definition) is 0. The highest BCUT2D eigenvalue weighted by Crippen LogP contribution is 2.48. The van der Waals surface area contributed by atoms with Crippen LogP contribution < -0.4 is 30.1 Å². The number of imidazole rings is 1. The van der Waals surface area contributed by atoms with E-state index in [0.29, 0.717) is 61.7 Å². The number of nitrogens with zero attached hydrogens (tertiary/aromatic N) is 4. The van der Waals surface area contributed by atoms with E-state index >= 15 is 0 Å². The first kappa shape index (κ1) is 48.8. The van der Waals surface area contributed by atoms with Gasteiger partial charge in [-0.15, -0.1) is 0 Å². The van der Waals surface area contributed by atoms with Crippen LogP contribution in [0.5, 0.6) is 11.5 Å². The minimum Gasteiger partial charge on any atom is -0.458 e. The van der Waals surface area contributed by atoms with Gasteiger partial charge in [-0.1, -0.05) is 286 Å². The number of benzene rings is 13. The summed E-state index contributed by atoms with van der Waals surface area (Å²) >= 11 is 0. The van der Waals surface area contributed by atoms with Gasteiger partial charge in [0.15, 0.2) is 8.07 Å². The molecular weight excluding hydrogens is 1270 g/mol. The molecule has 4 aromatic heterocycles. The smallest absolute Gasteiger partial charge is 0.269 e. The molecule has 0 bridgehead atoms. The van der Waals surface area contributed by atoms with Gasteiger partial charge < -0.3 is 9.15 Å². The normalized spacial score (nSPS) is 14.6. The van der Waals surface area contributed by atoms with Crippen molar-refractivity contribution in [2.75, 3.05) is 0 Å². The zero-order valence-electron chi connectivity index (χ0n) is 73.4. The highest BCUT2D eigenvalue weighted by atomic mass is 28.3. The molecule has 13 aromatic carbocycles. The van der Waals surface area contributed by atoms with Crippen LogP contribution in [0.25, 0.3) is 128 Å². The number of fused-ring (bicyclic) bond motifs is 13. The van der Waals surface area contributed by atoms with Crippen molar-refractivity contribution in [3.8, 4) is 84.3 Å². The minimum atomic E-state index is -5.72. The Hall–Kier alpha value is -11.9. The van der Waals surface area contributed by atoms with Gasteiger partial charge in [-0.2, -0.15) is 0 Å². The third kappa shape index (κ3) is 10.7. The SMILES string of the molecule is [2H]c1c([2H])c([2H])c([Si](c2ccc3c(c2)-c2cccc(-c4cc(C(C)(C)C)cc(C(C)(C)C)c4)c2-[n+]2[c-]n(-c4cccc(Oc5ccc6c7ccccc7n(-c7cc(C(C)(C)C)ccn7)c6c5)c4)c4cc(-c5ccc6oc7ccccc7c6c5)cc(c42)-c2ccccc2-3)(c2c([2H])c([2H])c([2H])c([2H])c2[2H])c2c([2H])c([2H])c([2H])c([2H])c2[2H])c([2H])c1[2H]. The zero-order chi connectivity index (χ0) is 83.2. The molecule has 0 fully saturated rings. The van der Waals surface area contributed by atoms with Gasteiger partial charge in [-0.05, 0) is 182 Å². The van der Waals surface area contributed by atoms with E-state index in [1.807, 2.05) is 114 Å². The summed E-state index contributed by atoms with van der Waals surface area (Å²) in [6, 6.07) is 57.9. The summed E-state index contributed by atoms with van der Waals surface area (Å²) in [5.41, 5.74) is 15.2. The Bertz CT molecular complexity index is 6920. The van der Waals surface area contributed by atoms with Crippen LogP contribution in [0.1, 0.15) is 99.6 Å². The second-order valence-corrected chi connectivity index (χ2v) is 33.4. The van der Waals surface area contributed by atoms with Crippen molar-refractivity contribution < 1.29 is 34.3 Å². The number of pyridine rings is 1. The molecule has 0 radical (unpaired) electrons. The van der Waals surface area contributed by atoms with Crippen LogP contribution in [-0.2, 0) is 16.2 Å². The Morgan fingerprint density at radius 3 is 1.69 bits per heavy atom. The lowest BCUT2D eigenvalue weighted by atomic mass is 9.78. The van der Waals surface area contributed by atoms with Crippen molar-refractivity contribution >= 4 is 83.6 Å².